The van der Waals surface area contributed by atoms with Crippen LogP contribution in [0.4, 0.5) is 0 Å². The summed E-state index contributed by atoms with van der Waals surface area (Å²) in [5.41, 5.74) is -1.01. The van der Waals surface area contributed by atoms with Gasteiger partial charge in [-0.1, -0.05) is 0 Å². The van der Waals surface area contributed by atoms with Crippen molar-refractivity contribution >= 4 is 15.8 Å². The Morgan fingerprint density at radius 1 is 1.43 bits per heavy atom. The van der Waals surface area contributed by atoms with E-state index in [4.69, 9.17) is 0 Å². The van der Waals surface area contributed by atoms with E-state index in [0.717, 1.165) is 0 Å². The van der Waals surface area contributed by atoms with E-state index in [-0.39, 0.29) is 29.6 Å². The van der Waals surface area contributed by atoms with E-state index in [0.29, 0.717) is 13.0 Å². The Kier molecular flexibility index (Phi) is 5.80. The van der Waals surface area contributed by atoms with Gasteiger partial charge in [0.1, 0.15) is 5.54 Å². The number of carbonyl (C=O) groups is 1. The van der Waals surface area contributed by atoms with E-state index in [9.17, 15) is 18.3 Å². The molecule has 0 radical (unpaired) electrons. The number of sulfone groups is 1. The van der Waals surface area contributed by atoms with E-state index < -0.39 is 21.3 Å². The average Bonchev–Trinajstić information content (AvgIpc) is 2.25. The van der Waals surface area contributed by atoms with Gasteiger partial charge in [-0.3, -0.25) is 15.0 Å². The molecule has 1 aliphatic rings. The minimum Gasteiger partial charge on any atom is -0.480 e. The molecule has 0 aromatic carbocycles. The van der Waals surface area contributed by atoms with Crippen LogP contribution in [0, 0.1) is 0 Å². The van der Waals surface area contributed by atoms with Crippen LogP contribution in [-0.2, 0) is 14.6 Å². The normalized spacial score (nSPS) is 27.2. The van der Waals surface area contributed by atoms with E-state index >= 15 is 0 Å². The van der Waals surface area contributed by atoms with Crippen LogP contribution in [0.25, 0.3) is 0 Å². The van der Waals surface area contributed by atoms with Gasteiger partial charge >= 0.3 is 5.97 Å². The summed E-state index contributed by atoms with van der Waals surface area (Å²) in [6, 6.07) is -0.00356. The summed E-state index contributed by atoms with van der Waals surface area (Å²) in [6.45, 7) is 9.86. The zero-order valence-corrected chi connectivity index (χ0v) is 14.4. The Bertz CT molecular complexity index is 477. The second kappa shape index (κ2) is 6.62. The molecule has 1 saturated heterocycles. The first-order chi connectivity index (χ1) is 9.47. The monoisotopic (exact) mass is 320 g/mol. The molecule has 3 unspecified atom stereocenters. The number of hydrogen-bond acceptors (Lipinski definition) is 5. The standard InChI is InChI=1S/C14H28N2O4S/c1-10(2)15-14(5,13(17)18)8-11(3)16-6-7-21(19,20)9-12(16)4/h10-12,15H,6-9H2,1-5H3,(H,17,18). The number of carboxylic acid groups (broad SMARTS) is 1. The largest absolute Gasteiger partial charge is 0.480 e. The second-order valence-corrected chi connectivity index (χ2v) is 8.92. The quantitative estimate of drug-likeness (QED) is 0.750. The van der Waals surface area contributed by atoms with Crippen molar-refractivity contribution in [2.75, 3.05) is 18.1 Å². The van der Waals surface area contributed by atoms with Gasteiger partial charge in [0.25, 0.3) is 0 Å². The zero-order valence-electron chi connectivity index (χ0n) is 13.6. The van der Waals surface area contributed by atoms with Crippen LogP contribution in [0.15, 0.2) is 0 Å². The molecule has 1 heterocycles. The molecule has 7 heteroatoms. The fraction of sp³-hybridized carbons (Fsp3) is 0.929. The SMILES string of the molecule is CC(C)NC(C)(CC(C)N1CCS(=O)(=O)CC1C)C(=O)O. The first-order valence-electron chi connectivity index (χ1n) is 7.44. The van der Waals surface area contributed by atoms with E-state index in [1.165, 1.54) is 0 Å². The number of hydrogen-bond donors (Lipinski definition) is 2. The van der Waals surface area contributed by atoms with Crippen molar-refractivity contribution in [1.29, 1.82) is 0 Å². The van der Waals surface area contributed by atoms with Gasteiger partial charge in [-0.15, -0.1) is 0 Å². The highest BCUT2D eigenvalue weighted by atomic mass is 32.2. The summed E-state index contributed by atoms with van der Waals surface area (Å²) in [5, 5.41) is 12.6. The van der Waals surface area contributed by atoms with Crippen LogP contribution in [0.3, 0.4) is 0 Å². The van der Waals surface area contributed by atoms with Gasteiger partial charge in [-0.2, -0.15) is 0 Å². The molecule has 1 fully saturated rings. The predicted molar refractivity (Wildman–Crippen MR) is 83.2 cm³/mol. The van der Waals surface area contributed by atoms with Crippen molar-refractivity contribution in [3.63, 3.8) is 0 Å². The fourth-order valence-corrected chi connectivity index (χ4v) is 4.80. The highest BCUT2D eigenvalue weighted by Crippen LogP contribution is 2.22. The first-order valence-corrected chi connectivity index (χ1v) is 9.26. The molecule has 0 amide bonds. The zero-order chi connectivity index (χ0) is 16.4. The van der Waals surface area contributed by atoms with Crippen molar-refractivity contribution in [2.45, 2.75) is 64.7 Å². The van der Waals surface area contributed by atoms with Crippen LogP contribution in [0.5, 0.6) is 0 Å². The third-order valence-electron chi connectivity index (χ3n) is 4.07. The van der Waals surface area contributed by atoms with E-state index in [2.05, 4.69) is 10.2 Å². The lowest BCUT2D eigenvalue weighted by atomic mass is 9.91. The Morgan fingerprint density at radius 2 is 2.00 bits per heavy atom. The lowest BCUT2D eigenvalue weighted by Crippen LogP contribution is -2.58. The summed E-state index contributed by atoms with van der Waals surface area (Å²) in [5.74, 6) is -0.567. The summed E-state index contributed by atoms with van der Waals surface area (Å²) < 4.78 is 23.3. The van der Waals surface area contributed by atoms with Gasteiger partial charge in [0.15, 0.2) is 9.84 Å². The van der Waals surface area contributed by atoms with Crippen LogP contribution in [0.1, 0.15) is 41.0 Å². The number of carboxylic acids is 1. The van der Waals surface area contributed by atoms with Crippen LogP contribution < -0.4 is 5.32 Å². The van der Waals surface area contributed by atoms with Crippen LogP contribution >= 0.6 is 0 Å². The smallest absolute Gasteiger partial charge is 0.323 e. The average molecular weight is 320 g/mol. The van der Waals surface area contributed by atoms with E-state index in [1.807, 2.05) is 27.7 Å². The van der Waals surface area contributed by atoms with Crippen molar-refractivity contribution < 1.29 is 18.3 Å². The van der Waals surface area contributed by atoms with Crippen LogP contribution in [-0.4, -0.2) is 66.1 Å². The predicted octanol–water partition coefficient (Wildman–Crippen LogP) is 0.725. The molecule has 0 aliphatic carbocycles. The third-order valence-corrected chi connectivity index (χ3v) is 5.87. The molecule has 1 rings (SSSR count). The van der Waals surface area contributed by atoms with Crippen LogP contribution in [0.2, 0.25) is 0 Å². The van der Waals surface area contributed by atoms with Gasteiger partial charge in [0.05, 0.1) is 11.5 Å². The Hall–Kier alpha value is -0.660. The Labute approximate surface area is 127 Å². The maximum absolute atomic E-state index is 11.6. The molecule has 0 spiro atoms. The van der Waals surface area contributed by atoms with Gasteiger partial charge in [0.2, 0.25) is 0 Å². The molecular formula is C14H28N2O4S. The van der Waals surface area contributed by atoms with Crippen molar-refractivity contribution in [3.05, 3.63) is 0 Å². The minimum atomic E-state index is -2.95. The third kappa shape index (κ3) is 4.93. The molecule has 124 valence electrons. The highest BCUT2D eigenvalue weighted by Gasteiger charge is 2.39. The highest BCUT2D eigenvalue weighted by molar-refractivity contribution is 7.91. The Morgan fingerprint density at radius 3 is 2.43 bits per heavy atom. The topological polar surface area (TPSA) is 86.7 Å². The molecular weight excluding hydrogens is 292 g/mol. The van der Waals surface area contributed by atoms with Crippen molar-refractivity contribution in [1.82, 2.24) is 10.2 Å². The molecule has 0 bridgehead atoms. The summed E-state index contributed by atoms with van der Waals surface area (Å²) in [4.78, 5) is 13.7. The number of rotatable bonds is 6. The maximum Gasteiger partial charge on any atom is 0.323 e. The van der Waals surface area contributed by atoms with E-state index in [1.54, 1.807) is 6.92 Å². The summed E-state index contributed by atoms with van der Waals surface area (Å²) in [7, 11) is -2.95. The van der Waals surface area contributed by atoms with Crippen molar-refractivity contribution in [3.8, 4) is 0 Å². The lowest BCUT2D eigenvalue weighted by Gasteiger charge is -2.41. The molecule has 3 atom stereocenters. The molecule has 6 nitrogen and oxygen atoms in total. The van der Waals surface area contributed by atoms with Gasteiger partial charge in [-0.25, -0.2) is 8.42 Å². The summed E-state index contributed by atoms with van der Waals surface area (Å²) >= 11 is 0. The number of aliphatic carboxylic acids is 1. The molecule has 1 aliphatic heterocycles. The number of nitrogens with zero attached hydrogens (tertiary/aromatic N) is 1. The molecule has 0 aromatic heterocycles. The van der Waals surface area contributed by atoms with Crippen molar-refractivity contribution in [2.24, 2.45) is 0 Å². The lowest BCUT2D eigenvalue weighted by molar-refractivity contribution is -0.145. The molecule has 2 N–H and O–H groups in total. The second-order valence-electron chi connectivity index (χ2n) is 6.69. The Balaban J connectivity index is 2.79. The first kappa shape index (κ1) is 18.4. The summed E-state index contributed by atoms with van der Waals surface area (Å²) in [6.07, 6.45) is 0.435. The molecule has 21 heavy (non-hydrogen) atoms. The molecule has 0 saturated carbocycles. The number of nitrogens with one attached hydrogen (secondary N) is 1. The molecule has 0 aromatic rings. The fourth-order valence-electron chi connectivity index (χ4n) is 3.22. The van der Waals surface area contributed by atoms with Gasteiger partial charge in [-0.05, 0) is 41.0 Å². The van der Waals surface area contributed by atoms with Gasteiger partial charge < -0.3 is 5.11 Å². The van der Waals surface area contributed by atoms with Gasteiger partial charge in [0, 0.05) is 24.7 Å². The minimum absolute atomic E-state index is 0.00264. The maximum atomic E-state index is 11.6.